The van der Waals surface area contributed by atoms with E-state index in [0.717, 1.165) is 37.0 Å². The summed E-state index contributed by atoms with van der Waals surface area (Å²) < 4.78 is 5.57. The van der Waals surface area contributed by atoms with Crippen molar-refractivity contribution in [1.82, 2.24) is 20.5 Å². The fraction of sp³-hybridized carbons (Fsp3) is 0.750. The third-order valence-electron chi connectivity index (χ3n) is 4.20. The highest BCUT2D eigenvalue weighted by Crippen LogP contribution is 2.15. The average Bonchev–Trinajstić information content (AvgIpc) is 3.08. The molecule has 23 heavy (non-hydrogen) atoms. The highest BCUT2D eigenvalue weighted by Gasteiger charge is 2.22. The number of guanidine groups is 1. The van der Waals surface area contributed by atoms with Crippen LogP contribution in [0.1, 0.15) is 44.0 Å². The van der Waals surface area contributed by atoms with Crippen molar-refractivity contribution in [3.8, 4) is 0 Å². The van der Waals surface area contributed by atoms with Gasteiger partial charge in [-0.05, 0) is 46.7 Å². The number of rotatable bonds is 6. The standard InChI is InChI=1S/C16H29N5O.HI/c1-5-17-16(18-10-14-8-7-9-21(14)6-2)19-11-15-20-12(3)13(4)22-15;/h14H,5-11H2,1-4H3,(H2,17,18,19);1H. The number of nitrogens with zero attached hydrogens (tertiary/aromatic N) is 3. The van der Waals surface area contributed by atoms with Crippen LogP contribution in [0.15, 0.2) is 9.41 Å². The second kappa shape index (κ2) is 10.1. The lowest BCUT2D eigenvalue weighted by Gasteiger charge is -2.23. The van der Waals surface area contributed by atoms with Crippen LogP contribution in [0.4, 0.5) is 0 Å². The van der Waals surface area contributed by atoms with Gasteiger partial charge in [-0.3, -0.25) is 4.90 Å². The van der Waals surface area contributed by atoms with Crippen molar-refractivity contribution < 1.29 is 4.42 Å². The minimum absolute atomic E-state index is 0. The minimum Gasteiger partial charge on any atom is -0.444 e. The fourth-order valence-electron chi connectivity index (χ4n) is 2.85. The first kappa shape index (κ1) is 20.2. The van der Waals surface area contributed by atoms with E-state index in [1.807, 2.05) is 13.8 Å². The summed E-state index contributed by atoms with van der Waals surface area (Å²) in [7, 11) is 0. The van der Waals surface area contributed by atoms with Crippen molar-refractivity contribution in [2.24, 2.45) is 4.99 Å². The summed E-state index contributed by atoms with van der Waals surface area (Å²) >= 11 is 0. The van der Waals surface area contributed by atoms with Crippen molar-refractivity contribution in [3.05, 3.63) is 17.3 Å². The predicted molar refractivity (Wildman–Crippen MR) is 104 cm³/mol. The molecule has 1 atom stereocenters. The Balaban J connectivity index is 0.00000264. The Morgan fingerprint density at radius 1 is 1.35 bits per heavy atom. The predicted octanol–water partition coefficient (Wildman–Crippen LogP) is 2.45. The molecule has 1 aromatic rings. The van der Waals surface area contributed by atoms with E-state index in [9.17, 15) is 0 Å². The molecule has 2 heterocycles. The van der Waals surface area contributed by atoms with Crippen LogP contribution in [0.3, 0.4) is 0 Å². The van der Waals surface area contributed by atoms with Crippen LogP contribution in [0.2, 0.25) is 0 Å². The number of hydrogen-bond acceptors (Lipinski definition) is 4. The first-order chi connectivity index (χ1) is 10.6. The summed E-state index contributed by atoms with van der Waals surface area (Å²) in [5.41, 5.74) is 0.938. The molecule has 1 unspecified atom stereocenters. The number of halogens is 1. The lowest BCUT2D eigenvalue weighted by molar-refractivity contribution is 0.267. The Kier molecular flexibility index (Phi) is 8.90. The number of likely N-dealkylation sites (N-methyl/N-ethyl adjacent to an activating group) is 1. The SMILES string of the molecule is CCNC(=NCc1nc(C)c(C)o1)NCC1CCCN1CC.I. The molecule has 1 aliphatic heterocycles. The molecule has 1 fully saturated rings. The molecule has 7 heteroatoms. The largest absolute Gasteiger partial charge is 0.444 e. The van der Waals surface area contributed by atoms with Crippen LogP contribution in [-0.4, -0.2) is 48.1 Å². The molecule has 0 spiro atoms. The first-order valence-electron chi connectivity index (χ1n) is 8.33. The lowest BCUT2D eigenvalue weighted by atomic mass is 10.2. The molecule has 6 nitrogen and oxygen atoms in total. The van der Waals surface area contributed by atoms with Gasteiger partial charge in [0.2, 0.25) is 5.89 Å². The Hall–Kier alpha value is -0.830. The Labute approximate surface area is 156 Å². The van der Waals surface area contributed by atoms with Crippen molar-refractivity contribution in [3.63, 3.8) is 0 Å². The minimum atomic E-state index is 0. The summed E-state index contributed by atoms with van der Waals surface area (Å²) in [6.45, 7) is 12.8. The van der Waals surface area contributed by atoms with Crippen LogP contribution < -0.4 is 10.6 Å². The molecule has 0 radical (unpaired) electrons. The van der Waals surface area contributed by atoms with E-state index >= 15 is 0 Å². The van der Waals surface area contributed by atoms with E-state index in [1.165, 1.54) is 19.4 Å². The smallest absolute Gasteiger partial charge is 0.216 e. The second-order valence-electron chi connectivity index (χ2n) is 5.75. The van der Waals surface area contributed by atoms with Gasteiger partial charge in [-0.1, -0.05) is 6.92 Å². The van der Waals surface area contributed by atoms with Gasteiger partial charge in [0.1, 0.15) is 12.3 Å². The maximum absolute atomic E-state index is 5.57. The van der Waals surface area contributed by atoms with E-state index in [-0.39, 0.29) is 24.0 Å². The van der Waals surface area contributed by atoms with Crippen LogP contribution in [0.5, 0.6) is 0 Å². The molecule has 1 saturated heterocycles. The van der Waals surface area contributed by atoms with E-state index in [4.69, 9.17) is 4.42 Å². The summed E-state index contributed by atoms with van der Waals surface area (Å²) in [5.74, 6) is 2.37. The molecular weight excluding hydrogens is 405 g/mol. The first-order valence-corrected chi connectivity index (χ1v) is 8.33. The van der Waals surface area contributed by atoms with Gasteiger partial charge in [0, 0.05) is 19.1 Å². The Bertz CT molecular complexity index is 483. The van der Waals surface area contributed by atoms with Gasteiger partial charge in [0.05, 0.1) is 5.69 Å². The van der Waals surface area contributed by atoms with E-state index in [0.29, 0.717) is 18.5 Å². The lowest BCUT2D eigenvalue weighted by Crippen LogP contribution is -2.44. The van der Waals surface area contributed by atoms with Gasteiger partial charge in [-0.2, -0.15) is 0 Å². The molecule has 1 aliphatic rings. The molecule has 0 amide bonds. The quantitative estimate of drug-likeness (QED) is 0.408. The van der Waals surface area contributed by atoms with E-state index < -0.39 is 0 Å². The monoisotopic (exact) mass is 435 g/mol. The molecule has 0 saturated carbocycles. The molecular formula is C16H30IN5O. The summed E-state index contributed by atoms with van der Waals surface area (Å²) in [5, 5.41) is 6.73. The van der Waals surface area contributed by atoms with Crippen LogP contribution in [0, 0.1) is 13.8 Å². The maximum Gasteiger partial charge on any atom is 0.216 e. The zero-order valence-electron chi connectivity index (χ0n) is 14.7. The number of nitrogens with one attached hydrogen (secondary N) is 2. The normalized spacial score (nSPS) is 18.8. The van der Waals surface area contributed by atoms with Gasteiger partial charge in [-0.15, -0.1) is 24.0 Å². The molecule has 0 bridgehead atoms. The number of aliphatic imine (C=N–C) groups is 1. The van der Waals surface area contributed by atoms with Gasteiger partial charge >= 0.3 is 0 Å². The summed E-state index contributed by atoms with van der Waals surface area (Å²) in [6, 6.07) is 0.611. The van der Waals surface area contributed by atoms with Gasteiger partial charge in [0.25, 0.3) is 0 Å². The molecule has 2 N–H and O–H groups in total. The van der Waals surface area contributed by atoms with Gasteiger partial charge < -0.3 is 15.1 Å². The van der Waals surface area contributed by atoms with Gasteiger partial charge in [-0.25, -0.2) is 9.98 Å². The zero-order valence-corrected chi connectivity index (χ0v) is 17.0. The Morgan fingerprint density at radius 2 is 2.13 bits per heavy atom. The second-order valence-corrected chi connectivity index (χ2v) is 5.75. The van der Waals surface area contributed by atoms with Crippen LogP contribution >= 0.6 is 24.0 Å². The topological polar surface area (TPSA) is 65.7 Å². The van der Waals surface area contributed by atoms with Crippen molar-refractivity contribution in [2.75, 3.05) is 26.2 Å². The third-order valence-corrected chi connectivity index (χ3v) is 4.20. The molecule has 0 aliphatic carbocycles. The van der Waals surface area contributed by atoms with Crippen LogP contribution in [0.25, 0.3) is 0 Å². The molecule has 1 aromatic heterocycles. The highest BCUT2D eigenvalue weighted by molar-refractivity contribution is 14.0. The highest BCUT2D eigenvalue weighted by atomic mass is 127. The molecule has 0 aromatic carbocycles. The van der Waals surface area contributed by atoms with Crippen molar-refractivity contribution >= 4 is 29.9 Å². The summed E-state index contributed by atoms with van der Waals surface area (Å²) in [6.07, 6.45) is 2.56. The van der Waals surface area contributed by atoms with E-state index in [1.54, 1.807) is 0 Å². The number of aryl methyl sites for hydroxylation is 2. The zero-order chi connectivity index (χ0) is 15.9. The molecule has 2 rings (SSSR count). The van der Waals surface area contributed by atoms with Crippen molar-refractivity contribution in [2.45, 2.75) is 53.1 Å². The van der Waals surface area contributed by atoms with Gasteiger partial charge in [0.15, 0.2) is 5.96 Å². The molecule has 132 valence electrons. The number of aromatic nitrogens is 1. The maximum atomic E-state index is 5.57. The Morgan fingerprint density at radius 3 is 2.74 bits per heavy atom. The average molecular weight is 435 g/mol. The van der Waals surface area contributed by atoms with Crippen molar-refractivity contribution in [1.29, 1.82) is 0 Å². The van der Waals surface area contributed by atoms with E-state index in [2.05, 4.69) is 39.4 Å². The fourth-order valence-corrected chi connectivity index (χ4v) is 2.85. The number of hydrogen-bond donors (Lipinski definition) is 2. The van der Waals surface area contributed by atoms with Crippen LogP contribution in [-0.2, 0) is 6.54 Å². The number of oxazole rings is 1. The number of likely N-dealkylation sites (tertiary alicyclic amines) is 1. The summed E-state index contributed by atoms with van der Waals surface area (Å²) in [4.78, 5) is 11.5. The third kappa shape index (κ3) is 5.95.